The molecule has 1 unspecified atom stereocenters. The highest BCUT2D eigenvalue weighted by atomic mass is 32.2. The molecule has 2 amide bonds. The second-order valence-corrected chi connectivity index (χ2v) is 14.4. The van der Waals surface area contributed by atoms with Gasteiger partial charge in [0.2, 0.25) is 11.8 Å². The first kappa shape index (κ1) is 36.4. The third kappa shape index (κ3) is 9.01. The molecule has 1 aliphatic rings. The zero-order chi connectivity index (χ0) is 35.7. The molecule has 0 aromatic heterocycles. The number of anilines is 1. The number of carbonyl (C=O) groups excluding carboxylic acids is 2. The summed E-state index contributed by atoms with van der Waals surface area (Å²) in [6.07, 6.45) is 5.01. The first-order valence-corrected chi connectivity index (χ1v) is 18.2. The molecule has 1 aliphatic carbocycles. The summed E-state index contributed by atoms with van der Waals surface area (Å²) in [5.74, 6) is -0.791. The first-order valence-electron chi connectivity index (χ1n) is 16.8. The molecule has 4 aromatic rings. The van der Waals surface area contributed by atoms with E-state index in [1.807, 2.05) is 37.3 Å². The van der Waals surface area contributed by atoms with Crippen molar-refractivity contribution < 1.29 is 31.9 Å². The standard InChI is InChI=1S/C39H44FN3O6S/c1-28-14-20-33(21-15-28)43(50(46,47)34-22-23-36(48-2)37(25-34)49-3)27-38(44)42(26-30-16-18-31(40)19-17-30)35(24-29-10-6-4-7-11-29)39(45)41-32-12-8-5-9-13-32/h4,6-7,10-11,14-23,25,32,35H,5,8-9,12-13,24,26-27H2,1-3H3,(H,41,45). The van der Waals surface area contributed by atoms with Crippen molar-refractivity contribution in [2.24, 2.45) is 0 Å². The molecule has 1 N–H and O–H groups in total. The van der Waals surface area contributed by atoms with Gasteiger partial charge in [-0.2, -0.15) is 0 Å². The zero-order valence-electron chi connectivity index (χ0n) is 28.7. The Bertz CT molecular complexity index is 1850. The van der Waals surface area contributed by atoms with Gasteiger partial charge in [-0.25, -0.2) is 12.8 Å². The molecule has 264 valence electrons. The predicted molar refractivity (Wildman–Crippen MR) is 191 cm³/mol. The molecule has 11 heteroatoms. The van der Waals surface area contributed by atoms with E-state index in [-0.39, 0.29) is 41.2 Å². The monoisotopic (exact) mass is 701 g/mol. The molecule has 0 saturated heterocycles. The molecular weight excluding hydrogens is 658 g/mol. The quantitative estimate of drug-likeness (QED) is 0.162. The van der Waals surface area contributed by atoms with Crippen LogP contribution in [0.5, 0.6) is 11.5 Å². The Morgan fingerprint density at radius 1 is 0.840 bits per heavy atom. The molecule has 0 heterocycles. The Morgan fingerprint density at radius 2 is 1.50 bits per heavy atom. The average molecular weight is 702 g/mol. The summed E-state index contributed by atoms with van der Waals surface area (Å²) in [5, 5.41) is 3.19. The molecular formula is C39H44FN3O6S. The number of amides is 2. The third-order valence-electron chi connectivity index (χ3n) is 9.03. The fourth-order valence-corrected chi connectivity index (χ4v) is 7.66. The van der Waals surface area contributed by atoms with Gasteiger partial charge < -0.3 is 19.7 Å². The van der Waals surface area contributed by atoms with Crippen molar-refractivity contribution in [1.29, 1.82) is 0 Å². The molecule has 1 fully saturated rings. The van der Waals surface area contributed by atoms with E-state index in [0.29, 0.717) is 11.3 Å². The number of benzene rings is 4. The van der Waals surface area contributed by atoms with Gasteiger partial charge in [0.1, 0.15) is 18.4 Å². The SMILES string of the molecule is COc1ccc(S(=O)(=O)N(CC(=O)N(Cc2ccc(F)cc2)C(Cc2ccccc2)C(=O)NC2CCCCC2)c2ccc(C)cc2)cc1OC. The molecule has 9 nitrogen and oxygen atoms in total. The van der Waals surface area contributed by atoms with E-state index in [0.717, 1.165) is 47.5 Å². The Kier molecular flexibility index (Phi) is 12.1. The number of nitrogens with one attached hydrogen (secondary N) is 1. The van der Waals surface area contributed by atoms with Gasteiger partial charge in [-0.3, -0.25) is 13.9 Å². The van der Waals surface area contributed by atoms with E-state index >= 15 is 0 Å². The maximum absolute atomic E-state index is 14.7. The smallest absolute Gasteiger partial charge is 0.264 e. The zero-order valence-corrected chi connectivity index (χ0v) is 29.5. The predicted octanol–water partition coefficient (Wildman–Crippen LogP) is 6.44. The summed E-state index contributed by atoms with van der Waals surface area (Å²) in [6, 6.07) is 25.2. The number of halogens is 1. The number of hydrogen-bond donors (Lipinski definition) is 1. The topological polar surface area (TPSA) is 105 Å². The fraction of sp³-hybridized carbons (Fsp3) is 0.333. The molecule has 4 aromatic carbocycles. The Morgan fingerprint density at radius 3 is 2.14 bits per heavy atom. The normalized spacial score (nSPS) is 14.0. The summed E-state index contributed by atoms with van der Waals surface area (Å²) in [5.41, 5.74) is 2.60. The number of hydrogen-bond acceptors (Lipinski definition) is 6. The number of carbonyl (C=O) groups is 2. The molecule has 0 spiro atoms. The maximum Gasteiger partial charge on any atom is 0.264 e. The molecule has 0 aliphatic heterocycles. The first-order chi connectivity index (χ1) is 24.1. The molecule has 1 atom stereocenters. The summed E-state index contributed by atoms with van der Waals surface area (Å²) in [4.78, 5) is 30.3. The van der Waals surface area contributed by atoms with Gasteiger partial charge in [-0.15, -0.1) is 0 Å². The largest absolute Gasteiger partial charge is 0.493 e. The average Bonchev–Trinajstić information content (AvgIpc) is 3.13. The van der Waals surface area contributed by atoms with Gasteiger partial charge in [-0.05, 0) is 67.3 Å². The number of rotatable bonds is 14. The van der Waals surface area contributed by atoms with E-state index in [2.05, 4.69) is 5.32 Å². The van der Waals surface area contributed by atoms with Gasteiger partial charge in [0, 0.05) is 25.1 Å². The second kappa shape index (κ2) is 16.7. The number of aryl methyl sites for hydroxylation is 1. The highest BCUT2D eigenvalue weighted by molar-refractivity contribution is 7.92. The lowest BCUT2D eigenvalue weighted by Crippen LogP contribution is -2.55. The molecule has 1 saturated carbocycles. The Balaban J connectivity index is 1.57. The second-order valence-electron chi connectivity index (χ2n) is 12.6. The third-order valence-corrected chi connectivity index (χ3v) is 10.8. The molecule has 50 heavy (non-hydrogen) atoms. The van der Waals surface area contributed by atoms with Crippen molar-refractivity contribution in [1.82, 2.24) is 10.2 Å². The van der Waals surface area contributed by atoms with Crippen molar-refractivity contribution in [3.8, 4) is 11.5 Å². The van der Waals surface area contributed by atoms with Crippen LogP contribution < -0.4 is 19.1 Å². The van der Waals surface area contributed by atoms with Gasteiger partial charge >= 0.3 is 0 Å². The van der Waals surface area contributed by atoms with Crippen LogP contribution in [0.2, 0.25) is 0 Å². The molecule has 0 bridgehead atoms. The van der Waals surface area contributed by atoms with E-state index < -0.39 is 34.3 Å². The summed E-state index contributed by atoms with van der Waals surface area (Å²) in [6.45, 7) is 1.22. The van der Waals surface area contributed by atoms with Crippen molar-refractivity contribution in [3.63, 3.8) is 0 Å². The lowest BCUT2D eigenvalue weighted by molar-refractivity contribution is -0.140. The van der Waals surface area contributed by atoms with Crippen LogP contribution in [0.4, 0.5) is 10.1 Å². The van der Waals surface area contributed by atoms with Crippen LogP contribution in [-0.2, 0) is 32.6 Å². The van der Waals surface area contributed by atoms with Crippen LogP contribution in [0.1, 0.15) is 48.8 Å². The lowest BCUT2D eigenvalue weighted by atomic mass is 9.94. The number of ether oxygens (including phenoxy) is 2. The van der Waals surface area contributed by atoms with Crippen LogP contribution >= 0.6 is 0 Å². The van der Waals surface area contributed by atoms with Crippen molar-refractivity contribution >= 4 is 27.5 Å². The van der Waals surface area contributed by atoms with Crippen LogP contribution in [-0.4, -0.2) is 58.0 Å². The van der Waals surface area contributed by atoms with Gasteiger partial charge in [0.25, 0.3) is 10.0 Å². The summed E-state index contributed by atoms with van der Waals surface area (Å²) >= 11 is 0. The summed E-state index contributed by atoms with van der Waals surface area (Å²) < 4.78 is 54.6. The minimum absolute atomic E-state index is 0.0215. The van der Waals surface area contributed by atoms with Crippen molar-refractivity contribution in [2.45, 2.75) is 69.0 Å². The molecule has 5 rings (SSSR count). The van der Waals surface area contributed by atoms with E-state index in [4.69, 9.17) is 9.47 Å². The highest BCUT2D eigenvalue weighted by Gasteiger charge is 2.35. The lowest BCUT2D eigenvalue weighted by Gasteiger charge is -2.35. The van der Waals surface area contributed by atoms with E-state index in [1.165, 1.54) is 49.5 Å². The number of sulfonamides is 1. The Labute approximate surface area is 294 Å². The number of methoxy groups -OCH3 is 2. The van der Waals surface area contributed by atoms with Crippen LogP contribution in [0, 0.1) is 12.7 Å². The van der Waals surface area contributed by atoms with Crippen LogP contribution in [0.25, 0.3) is 0 Å². The number of nitrogens with zero attached hydrogens (tertiary/aromatic N) is 2. The maximum atomic E-state index is 14.7. The minimum atomic E-state index is -4.36. The van der Waals surface area contributed by atoms with E-state index in [1.54, 1.807) is 36.4 Å². The van der Waals surface area contributed by atoms with Gasteiger partial charge in [0.15, 0.2) is 11.5 Å². The minimum Gasteiger partial charge on any atom is -0.493 e. The molecule has 0 radical (unpaired) electrons. The van der Waals surface area contributed by atoms with Crippen molar-refractivity contribution in [2.75, 3.05) is 25.1 Å². The van der Waals surface area contributed by atoms with E-state index in [9.17, 15) is 22.4 Å². The summed E-state index contributed by atoms with van der Waals surface area (Å²) in [7, 11) is -1.49. The van der Waals surface area contributed by atoms with Gasteiger partial charge in [-0.1, -0.05) is 79.4 Å². The fourth-order valence-electron chi connectivity index (χ4n) is 6.23. The van der Waals surface area contributed by atoms with Crippen LogP contribution in [0.3, 0.4) is 0 Å². The van der Waals surface area contributed by atoms with Crippen LogP contribution in [0.15, 0.2) is 102 Å². The van der Waals surface area contributed by atoms with Crippen molar-refractivity contribution in [3.05, 3.63) is 120 Å². The Hall–Kier alpha value is -4.90. The highest BCUT2D eigenvalue weighted by Crippen LogP contribution is 2.33. The van der Waals surface area contributed by atoms with Gasteiger partial charge in [0.05, 0.1) is 24.8 Å².